The fraction of sp³-hybridized carbons (Fsp3) is 0.529. The van der Waals surface area contributed by atoms with Crippen molar-refractivity contribution >= 4 is 11.8 Å². The van der Waals surface area contributed by atoms with Gasteiger partial charge < -0.3 is 15.7 Å². The highest BCUT2D eigenvalue weighted by Gasteiger charge is 2.25. The molecular formula is C17H26N2O3. The third-order valence-electron chi connectivity index (χ3n) is 3.58. The molecule has 122 valence electrons. The molecule has 1 rings (SSSR count). The summed E-state index contributed by atoms with van der Waals surface area (Å²) in [5.41, 5.74) is 1.45. The van der Waals surface area contributed by atoms with Crippen LogP contribution in [0.25, 0.3) is 0 Å². The summed E-state index contributed by atoms with van der Waals surface area (Å²) in [6.07, 6.45) is 0.488. The van der Waals surface area contributed by atoms with Gasteiger partial charge in [0.15, 0.2) is 0 Å². The topological polar surface area (TPSA) is 78.4 Å². The molecule has 2 unspecified atom stereocenters. The molecule has 2 atom stereocenters. The minimum atomic E-state index is -0.603. The maximum Gasteiger partial charge on any atom is 0.252 e. The fourth-order valence-corrected chi connectivity index (χ4v) is 2.18. The number of hydrogen-bond acceptors (Lipinski definition) is 3. The van der Waals surface area contributed by atoms with Gasteiger partial charge in [0.05, 0.1) is 0 Å². The Labute approximate surface area is 132 Å². The highest BCUT2D eigenvalue weighted by molar-refractivity contribution is 5.98. The first-order valence-corrected chi connectivity index (χ1v) is 7.64. The van der Waals surface area contributed by atoms with Gasteiger partial charge in [0.25, 0.3) is 5.91 Å². The van der Waals surface area contributed by atoms with E-state index in [-0.39, 0.29) is 30.4 Å². The minimum absolute atomic E-state index is 0.0172. The van der Waals surface area contributed by atoms with Gasteiger partial charge in [-0.3, -0.25) is 9.59 Å². The largest absolute Gasteiger partial charge is 0.396 e. The van der Waals surface area contributed by atoms with E-state index in [1.165, 1.54) is 0 Å². The maximum absolute atomic E-state index is 12.4. The molecule has 3 N–H and O–H groups in total. The van der Waals surface area contributed by atoms with Crippen LogP contribution in [0.15, 0.2) is 24.3 Å². The Bertz CT molecular complexity index is 514. The van der Waals surface area contributed by atoms with Gasteiger partial charge in [-0.1, -0.05) is 32.0 Å². The van der Waals surface area contributed by atoms with E-state index in [2.05, 4.69) is 10.6 Å². The summed E-state index contributed by atoms with van der Waals surface area (Å²) >= 11 is 0. The standard InChI is InChI=1S/C17H26N2O3/c1-11(2)15(17(22)18-13(4)9-10-20)19-16(21)14-8-6-5-7-12(14)3/h5-8,11,13,15,20H,9-10H2,1-4H3,(H,18,22)(H,19,21). The van der Waals surface area contributed by atoms with Crippen LogP contribution in [0.3, 0.4) is 0 Å². The van der Waals surface area contributed by atoms with Crippen LogP contribution in [-0.2, 0) is 4.79 Å². The van der Waals surface area contributed by atoms with Gasteiger partial charge in [-0.15, -0.1) is 0 Å². The molecule has 0 radical (unpaired) electrons. The Morgan fingerprint density at radius 3 is 2.32 bits per heavy atom. The van der Waals surface area contributed by atoms with Crippen molar-refractivity contribution in [3.05, 3.63) is 35.4 Å². The normalized spacial score (nSPS) is 13.5. The number of carbonyl (C=O) groups excluding carboxylic acids is 2. The monoisotopic (exact) mass is 306 g/mol. The molecule has 0 heterocycles. The highest BCUT2D eigenvalue weighted by atomic mass is 16.3. The second kappa shape index (κ2) is 8.54. The molecule has 0 aliphatic rings. The first kappa shape index (κ1) is 18.2. The molecule has 0 aromatic heterocycles. The van der Waals surface area contributed by atoms with Crippen molar-refractivity contribution < 1.29 is 14.7 Å². The van der Waals surface area contributed by atoms with Gasteiger partial charge in [-0.05, 0) is 37.8 Å². The van der Waals surface area contributed by atoms with Crippen molar-refractivity contribution in [3.8, 4) is 0 Å². The van der Waals surface area contributed by atoms with Crippen LogP contribution in [0.2, 0.25) is 0 Å². The molecule has 5 nitrogen and oxygen atoms in total. The number of rotatable bonds is 7. The third kappa shape index (κ3) is 5.15. The van der Waals surface area contributed by atoms with E-state index in [1.54, 1.807) is 12.1 Å². The number of amides is 2. The van der Waals surface area contributed by atoms with Gasteiger partial charge in [-0.25, -0.2) is 0 Å². The van der Waals surface area contributed by atoms with E-state index in [4.69, 9.17) is 5.11 Å². The van der Waals surface area contributed by atoms with Gasteiger partial charge in [0.1, 0.15) is 6.04 Å². The minimum Gasteiger partial charge on any atom is -0.396 e. The zero-order valence-corrected chi connectivity index (χ0v) is 13.7. The number of aryl methyl sites for hydroxylation is 1. The lowest BCUT2D eigenvalue weighted by atomic mass is 10.0. The van der Waals surface area contributed by atoms with Crippen molar-refractivity contribution in [2.24, 2.45) is 5.92 Å². The van der Waals surface area contributed by atoms with E-state index < -0.39 is 6.04 Å². The summed E-state index contributed by atoms with van der Waals surface area (Å²) in [5, 5.41) is 14.5. The molecule has 0 aliphatic heterocycles. The van der Waals surface area contributed by atoms with Gasteiger partial charge in [0, 0.05) is 18.2 Å². The van der Waals surface area contributed by atoms with E-state index in [0.717, 1.165) is 5.56 Å². The average Bonchev–Trinajstić information content (AvgIpc) is 2.44. The van der Waals surface area contributed by atoms with Crippen LogP contribution in [0.4, 0.5) is 0 Å². The quantitative estimate of drug-likeness (QED) is 0.716. The summed E-state index contributed by atoms with van der Waals surface area (Å²) in [6, 6.07) is 6.55. The first-order chi connectivity index (χ1) is 10.4. The Balaban J connectivity index is 2.78. The Kier molecular flexibility index (Phi) is 7.05. The lowest BCUT2D eigenvalue weighted by Crippen LogP contribution is -2.51. The lowest BCUT2D eigenvalue weighted by molar-refractivity contribution is -0.124. The molecule has 1 aromatic carbocycles. The number of hydrogen-bond donors (Lipinski definition) is 3. The molecule has 0 saturated heterocycles. The average molecular weight is 306 g/mol. The van der Waals surface area contributed by atoms with Gasteiger partial charge >= 0.3 is 0 Å². The maximum atomic E-state index is 12.4. The van der Waals surface area contributed by atoms with Crippen LogP contribution in [-0.4, -0.2) is 35.6 Å². The van der Waals surface area contributed by atoms with Gasteiger partial charge in [-0.2, -0.15) is 0 Å². The molecule has 1 aromatic rings. The van der Waals surface area contributed by atoms with Crippen LogP contribution < -0.4 is 10.6 Å². The zero-order chi connectivity index (χ0) is 16.7. The molecule has 0 spiro atoms. The summed E-state index contributed by atoms with van der Waals surface area (Å²) in [6.45, 7) is 7.49. The number of aliphatic hydroxyl groups excluding tert-OH is 1. The van der Waals surface area contributed by atoms with Crippen molar-refractivity contribution in [1.82, 2.24) is 10.6 Å². The zero-order valence-electron chi connectivity index (χ0n) is 13.7. The summed E-state index contributed by atoms with van der Waals surface area (Å²) in [4.78, 5) is 24.7. The first-order valence-electron chi connectivity index (χ1n) is 7.64. The van der Waals surface area contributed by atoms with E-state index in [0.29, 0.717) is 12.0 Å². The van der Waals surface area contributed by atoms with Crippen LogP contribution in [0.5, 0.6) is 0 Å². The number of carbonyl (C=O) groups is 2. The van der Waals surface area contributed by atoms with Crippen LogP contribution in [0, 0.1) is 12.8 Å². The molecule has 22 heavy (non-hydrogen) atoms. The molecule has 0 bridgehead atoms. The Morgan fingerprint density at radius 1 is 1.14 bits per heavy atom. The van der Waals surface area contributed by atoms with Crippen LogP contribution in [0.1, 0.15) is 43.1 Å². The lowest BCUT2D eigenvalue weighted by Gasteiger charge is -2.24. The van der Waals surface area contributed by atoms with Crippen molar-refractivity contribution in [1.29, 1.82) is 0 Å². The summed E-state index contributed by atoms with van der Waals surface area (Å²) in [5.74, 6) is -0.506. The Hall–Kier alpha value is -1.88. The van der Waals surface area contributed by atoms with Crippen molar-refractivity contribution in [2.45, 2.75) is 46.2 Å². The smallest absolute Gasteiger partial charge is 0.252 e. The fourth-order valence-electron chi connectivity index (χ4n) is 2.18. The van der Waals surface area contributed by atoms with Crippen molar-refractivity contribution in [3.63, 3.8) is 0 Å². The van der Waals surface area contributed by atoms with E-state index in [9.17, 15) is 9.59 Å². The molecule has 5 heteroatoms. The predicted molar refractivity (Wildman–Crippen MR) is 86.6 cm³/mol. The van der Waals surface area contributed by atoms with Gasteiger partial charge in [0.2, 0.25) is 5.91 Å². The second-order valence-corrected chi connectivity index (χ2v) is 5.93. The third-order valence-corrected chi connectivity index (χ3v) is 3.58. The second-order valence-electron chi connectivity index (χ2n) is 5.93. The number of benzene rings is 1. The SMILES string of the molecule is Cc1ccccc1C(=O)NC(C(=O)NC(C)CCO)C(C)C. The molecule has 0 saturated carbocycles. The molecular weight excluding hydrogens is 280 g/mol. The molecule has 0 aliphatic carbocycles. The number of nitrogens with one attached hydrogen (secondary N) is 2. The number of aliphatic hydroxyl groups is 1. The summed E-state index contributed by atoms with van der Waals surface area (Å²) < 4.78 is 0. The van der Waals surface area contributed by atoms with E-state index >= 15 is 0 Å². The summed E-state index contributed by atoms with van der Waals surface area (Å²) in [7, 11) is 0. The highest BCUT2D eigenvalue weighted by Crippen LogP contribution is 2.09. The van der Waals surface area contributed by atoms with Crippen molar-refractivity contribution in [2.75, 3.05) is 6.61 Å². The molecule has 0 fully saturated rings. The predicted octanol–water partition coefficient (Wildman–Crippen LogP) is 1.64. The van der Waals surface area contributed by atoms with Crippen LogP contribution >= 0.6 is 0 Å². The molecule has 2 amide bonds. The van der Waals surface area contributed by atoms with E-state index in [1.807, 2.05) is 39.8 Å². The Morgan fingerprint density at radius 2 is 1.77 bits per heavy atom.